The van der Waals surface area contributed by atoms with Gasteiger partial charge in [-0.15, -0.1) is 0 Å². The number of nitriles is 6. The van der Waals surface area contributed by atoms with Gasteiger partial charge in [0.2, 0.25) is 0 Å². The van der Waals surface area contributed by atoms with Gasteiger partial charge < -0.3 is 118 Å². The average Bonchev–Trinajstić information content (AvgIpc) is 2.96. The van der Waals surface area contributed by atoms with Crippen molar-refractivity contribution >= 4 is 86.6 Å². The van der Waals surface area contributed by atoms with E-state index in [1.54, 1.807) is 0 Å². The third-order valence-electron chi connectivity index (χ3n) is 2.04. The van der Waals surface area contributed by atoms with Gasteiger partial charge in [0.05, 0.1) is 0 Å². The predicted octanol–water partition coefficient (Wildman–Crippen LogP) is -26.3. The third kappa shape index (κ3) is 126. The standard InChI is InChI=1S/6CB2NO4.9Zn/c6*4-1-2(5)8-3(6)7;;;;;;;;;/q6*-3;9*+2. The maximum Gasteiger partial charge on any atom is 2.00 e. The zero-order valence-electron chi connectivity index (χ0n) is 28.8. The third-order valence-corrected chi connectivity index (χ3v) is 2.04. The topological polar surface area (TPSA) is 613 Å². The molecule has 0 aliphatic rings. The van der Waals surface area contributed by atoms with Crippen LogP contribution < -0.4 is 90.4 Å². The molecule has 0 aromatic carbocycles. The molecule has 0 heterocycles. The molecule has 0 N–H and O–H groups in total. The largest absolute Gasteiger partial charge is 2.00 e. The molecule has 51 heteroatoms. The summed E-state index contributed by atoms with van der Waals surface area (Å²) >= 11 is 0. The molecule has 0 aromatic heterocycles. The molecule has 57 heavy (non-hydrogen) atoms. The fourth-order valence-electron chi connectivity index (χ4n) is 0.788. The molecule has 252 valence electrons. The van der Waals surface area contributed by atoms with Crippen molar-refractivity contribution in [1.29, 1.82) is 31.6 Å². The molecule has 0 saturated heterocycles. The predicted molar refractivity (Wildman–Crippen MR) is 109 cm³/mol. The first-order valence-electron chi connectivity index (χ1n) is 10.1. The van der Waals surface area contributed by atoms with Crippen LogP contribution in [0, 0.1) is 67.4 Å². The van der Waals surface area contributed by atoms with Crippen LogP contribution in [0.15, 0.2) is 0 Å². The summed E-state index contributed by atoms with van der Waals surface area (Å²) in [6.07, 6.45) is 0. The minimum atomic E-state index is -2.66. The second kappa shape index (κ2) is 75.7. The van der Waals surface area contributed by atoms with Crippen LogP contribution in [0.4, 0.5) is 0 Å². The van der Waals surface area contributed by atoms with E-state index in [-0.39, 0.29) is 175 Å². The minimum absolute atomic E-state index is 0. The van der Waals surface area contributed by atoms with E-state index in [4.69, 9.17) is 31.6 Å². The second-order valence-electron chi connectivity index (χ2n) is 5.31. The normalized spacial score (nSPS) is 6.53. The van der Waals surface area contributed by atoms with Crippen LogP contribution in [0.2, 0.25) is 0 Å². The molecular formula is C6B12N6O24Zn9. The van der Waals surface area contributed by atoms with Crippen LogP contribution in [0.25, 0.3) is 0 Å². The molecule has 0 fully saturated rings. The molecule has 0 amide bonds. The zero-order valence-corrected chi connectivity index (χ0v) is 55.5. The fraction of sp³-hybridized carbons (Fsp3) is 0. The van der Waals surface area contributed by atoms with Gasteiger partial charge in [-0.05, 0) is 0 Å². The van der Waals surface area contributed by atoms with Gasteiger partial charge >= 0.3 is 175 Å². The first kappa shape index (κ1) is 103. The fourth-order valence-corrected chi connectivity index (χ4v) is 0.788. The molecule has 0 saturated carbocycles. The SMILES string of the molecule is N#CB([O-])OB([O-])[O-].N#CB([O-])OB([O-])[O-].N#CB([O-])OB([O-])[O-].N#CB([O-])OB([O-])[O-].N#CB([O-])OB([O-])[O-].N#CB([O-])OB([O-])[O-].[Zn+2].[Zn+2].[Zn+2].[Zn+2].[Zn+2].[Zn+2].[Zn+2].[Zn+2].[Zn+2]. The van der Waals surface area contributed by atoms with E-state index in [0.29, 0.717) is 0 Å². The Hall–Kier alpha value is 2.37. The number of nitrogens with zero attached hydrogens (tertiary/aromatic N) is 6. The van der Waals surface area contributed by atoms with Crippen molar-refractivity contribution in [3.63, 3.8) is 0 Å². The number of hydrogen-bond donors (Lipinski definition) is 0. The molecule has 30 nitrogen and oxygen atoms in total. The van der Waals surface area contributed by atoms with Crippen LogP contribution in [0.1, 0.15) is 0 Å². The smallest absolute Gasteiger partial charge is 0.872 e. The molecule has 0 aliphatic carbocycles. The van der Waals surface area contributed by atoms with Crippen molar-refractivity contribution in [2.45, 2.75) is 0 Å². The van der Waals surface area contributed by atoms with E-state index in [2.05, 4.69) is 27.4 Å². The molecule has 0 unspecified atom stereocenters. The monoisotopic (exact) mass is 1250 g/mol. The number of hydrogen-bond acceptors (Lipinski definition) is 30. The Morgan fingerprint density at radius 3 is 0.298 bits per heavy atom. The van der Waals surface area contributed by atoms with Gasteiger partial charge in [-0.1, -0.05) is 0 Å². The summed E-state index contributed by atoms with van der Waals surface area (Å²) in [5.74, 6) is 6.11. The summed E-state index contributed by atoms with van der Waals surface area (Å²) in [5.41, 5.74) is 0. The molecule has 0 atom stereocenters. The van der Waals surface area contributed by atoms with Crippen LogP contribution in [-0.4, -0.2) is 86.6 Å². The van der Waals surface area contributed by atoms with Crippen molar-refractivity contribution in [2.75, 3.05) is 0 Å². The van der Waals surface area contributed by atoms with Gasteiger partial charge in [0.1, 0.15) is 0 Å². The second-order valence-corrected chi connectivity index (χ2v) is 5.31. The first-order valence-corrected chi connectivity index (χ1v) is 10.1. The number of rotatable bonds is 12. The maximum atomic E-state index is 9.72. The minimum Gasteiger partial charge on any atom is -0.872 e. The van der Waals surface area contributed by atoms with E-state index in [1.807, 2.05) is 0 Å². The van der Waals surface area contributed by atoms with Gasteiger partial charge in [-0.3, -0.25) is 0 Å². The molecule has 0 bridgehead atoms. The van der Waals surface area contributed by atoms with E-state index in [9.17, 15) is 90.4 Å². The quantitative estimate of drug-likeness (QED) is 0.164. The van der Waals surface area contributed by atoms with Gasteiger partial charge in [-0.25, -0.2) is 31.6 Å². The summed E-state index contributed by atoms with van der Waals surface area (Å²) in [6.45, 7) is 0. The van der Waals surface area contributed by atoms with Crippen molar-refractivity contribution in [3.8, 4) is 35.8 Å². The van der Waals surface area contributed by atoms with Crippen LogP contribution in [0.3, 0.4) is 0 Å². The summed E-state index contributed by atoms with van der Waals surface area (Å²) < 4.78 is 20.2. The summed E-state index contributed by atoms with van der Waals surface area (Å²) in [5, 5.41) is 216. The van der Waals surface area contributed by atoms with Crippen LogP contribution >= 0.6 is 0 Å². The Labute approximate surface area is 442 Å². The molecule has 0 radical (unpaired) electrons. The first-order chi connectivity index (χ1) is 22.0. The zero-order chi connectivity index (χ0) is 39.4. The van der Waals surface area contributed by atoms with Crippen molar-refractivity contribution < 1.29 is 293 Å². The van der Waals surface area contributed by atoms with E-state index >= 15 is 0 Å². The Kier molecular flexibility index (Phi) is 136. The Balaban J connectivity index is -0.0000000277. The molecular weight excluding hydrogens is 1260 g/mol. The van der Waals surface area contributed by atoms with Crippen LogP contribution in [-0.2, 0) is 203 Å². The van der Waals surface area contributed by atoms with Gasteiger partial charge in [0.15, 0.2) is 0 Å². The van der Waals surface area contributed by atoms with E-state index in [0.717, 1.165) is 35.8 Å². The average molecular weight is 1260 g/mol. The molecule has 0 aromatic rings. The molecule has 0 spiro atoms. The van der Waals surface area contributed by atoms with E-state index < -0.39 is 86.6 Å². The Morgan fingerprint density at radius 1 is 0.211 bits per heavy atom. The van der Waals surface area contributed by atoms with Gasteiger partial charge in [-0.2, -0.15) is 0 Å². The van der Waals surface area contributed by atoms with Crippen LogP contribution in [0.5, 0.6) is 0 Å². The summed E-state index contributed by atoms with van der Waals surface area (Å²) in [4.78, 5) is 0. The Morgan fingerprint density at radius 2 is 0.281 bits per heavy atom. The maximum absolute atomic E-state index is 9.72. The Bertz CT molecular complexity index is 830. The van der Waals surface area contributed by atoms with Gasteiger partial charge in [0.25, 0.3) is 42.7 Å². The van der Waals surface area contributed by atoms with E-state index in [1.165, 1.54) is 0 Å². The van der Waals surface area contributed by atoms with Gasteiger partial charge in [0, 0.05) is 79.7 Å². The van der Waals surface area contributed by atoms with Crippen molar-refractivity contribution in [1.82, 2.24) is 0 Å². The van der Waals surface area contributed by atoms with Crippen molar-refractivity contribution in [2.24, 2.45) is 0 Å². The molecule has 0 rings (SSSR count). The van der Waals surface area contributed by atoms with Crippen molar-refractivity contribution in [3.05, 3.63) is 0 Å². The summed E-state index contributed by atoms with van der Waals surface area (Å²) in [6, 6.07) is 0. The molecule has 0 aliphatic heterocycles. The summed E-state index contributed by atoms with van der Waals surface area (Å²) in [7, 11) is -28.8.